The molecule has 8 nitrogen and oxygen atoms in total. The molecule has 0 spiro atoms. The molecule has 0 saturated carbocycles. The molecule has 2 aliphatic rings. The molecule has 1 aromatic heterocycles. The Labute approximate surface area is 176 Å². The number of ether oxygens (including phenoxy) is 1. The van der Waals surface area contributed by atoms with E-state index >= 15 is 0 Å². The molecule has 2 aliphatic heterocycles. The van der Waals surface area contributed by atoms with Crippen LogP contribution in [0.2, 0.25) is 0 Å². The normalized spacial score (nSPS) is 19.6. The standard InChI is InChI=1S/C21H27N3O5S/c25-21(22-16-19(20-7-4-12-29-20)23-8-1-2-9-23)17-5-3-6-18(15-17)30(26,27)24-10-13-28-14-11-24/h3-7,12,15,19H,1-2,8-11,13-14,16H2,(H,22,25)/t19-/m0/s1. The number of amides is 1. The number of carbonyl (C=O) groups excluding carboxylic acids is 1. The van der Waals surface area contributed by atoms with E-state index in [1.165, 1.54) is 16.4 Å². The molecule has 1 atom stereocenters. The molecule has 1 amide bonds. The Morgan fingerprint density at radius 1 is 1.07 bits per heavy atom. The number of rotatable bonds is 7. The number of benzene rings is 1. The van der Waals surface area contributed by atoms with Crippen LogP contribution < -0.4 is 5.32 Å². The van der Waals surface area contributed by atoms with Crippen LogP contribution in [0.25, 0.3) is 0 Å². The molecule has 2 aromatic rings. The van der Waals surface area contributed by atoms with Crippen LogP contribution in [0.4, 0.5) is 0 Å². The molecule has 1 N–H and O–H groups in total. The summed E-state index contributed by atoms with van der Waals surface area (Å²) in [7, 11) is -3.65. The second-order valence-electron chi connectivity index (χ2n) is 7.53. The van der Waals surface area contributed by atoms with Crippen LogP contribution in [0.5, 0.6) is 0 Å². The zero-order valence-electron chi connectivity index (χ0n) is 16.8. The van der Waals surface area contributed by atoms with Crippen molar-refractivity contribution in [1.82, 2.24) is 14.5 Å². The van der Waals surface area contributed by atoms with Gasteiger partial charge < -0.3 is 14.5 Å². The topological polar surface area (TPSA) is 92.1 Å². The third kappa shape index (κ3) is 4.59. The van der Waals surface area contributed by atoms with Crippen molar-refractivity contribution < 1.29 is 22.4 Å². The zero-order chi connectivity index (χ0) is 21.0. The summed E-state index contributed by atoms with van der Waals surface area (Å²) < 4.78 is 38.0. The first-order chi connectivity index (χ1) is 14.6. The summed E-state index contributed by atoms with van der Waals surface area (Å²) in [5.74, 6) is 0.519. The number of hydrogen-bond donors (Lipinski definition) is 1. The molecule has 9 heteroatoms. The molecule has 2 saturated heterocycles. The highest BCUT2D eigenvalue weighted by Crippen LogP contribution is 2.25. The average Bonchev–Trinajstić information content (AvgIpc) is 3.50. The molecule has 30 heavy (non-hydrogen) atoms. The predicted molar refractivity (Wildman–Crippen MR) is 111 cm³/mol. The van der Waals surface area contributed by atoms with Crippen molar-refractivity contribution in [2.24, 2.45) is 0 Å². The van der Waals surface area contributed by atoms with Crippen LogP contribution in [0.1, 0.15) is 35.0 Å². The smallest absolute Gasteiger partial charge is 0.251 e. The van der Waals surface area contributed by atoms with Crippen molar-refractivity contribution in [2.45, 2.75) is 23.8 Å². The second kappa shape index (κ2) is 9.30. The van der Waals surface area contributed by atoms with E-state index in [1.54, 1.807) is 18.4 Å². The fourth-order valence-corrected chi connectivity index (χ4v) is 5.42. The number of furan rings is 1. The van der Waals surface area contributed by atoms with E-state index in [0.29, 0.717) is 38.4 Å². The minimum Gasteiger partial charge on any atom is -0.468 e. The predicted octanol–water partition coefficient (Wildman–Crippen LogP) is 1.87. The summed E-state index contributed by atoms with van der Waals surface area (Å²) in [6, 6.07) is 9.94. The summed E-state index contributed by atoms with van der Waals surface area (Å²) in [6.45, 7) is 3.73. The van der Waals surface area contributed by atoms with Crippen LogP contribution in [0.3, 0.4) is 0 Å². The second-order valence-corrected chi connectivity index (χ2v) is 9.47. The Balaban J connectivity index is 1.46. The van der Waals surface area contributed by atoms with Gasteiger partial charge in [-0.1, -0.05) is 6.07 Å². The fourth-order valence-electron chi connectivity index (χ4n) is 3.97. The van der Waals surface area contributed by atoms with E-state index in [4.69, 9.17) is 9.15 Å². The molecular formula is C21H27N3O5S. The van der Waals surface area contributed by atoms with Gasteiger partial charge in [-0.25, -0.2) is 8.42 Å². The van der Waals surface area contributed by atoms with Crippen LogP contribution in [-0.4, -0.2) is 69.5 Å². The van der Waals surface area contributed by atoms with Crippen molar-refractivity contribution in [3.05, 3.63) is 54.0 Å². The monoisotopic (exact) mass is 433 g/mol. The third-order valence-corrected chi connectivity index (χ3v) is 7.51. The lowest BCUT2D eigenvalue weighted by atomic mass is 10.1. The van der Waals surface area contributed by atoms with Gasteiger partial charge in [0.05, 0.1) is 30.4 Å². The average molecular weight is 434 g/mol. The van der Waals surface area contributed by atoms with Crippen LogP contribution in [0.15, 0.2) is 52.0 Å². The van der Waals surface area contributed by atoms with Gasteiger partial charge in [0.1, 0.15) is 5.76 Å². The molecule has 0 unspecified atom stereocenters. The molecule has 1 aromatic carbocycles. The van der Waals surface area contributed by atoms with Crippen molar-refractivity contribution >= 4 is 15.9 Å². The third-order valence-electron chi connectivity index (χ3n) is 5.61. The molecule has 0 bridgehead atoms. The van der Waals surface area contributed by atoms with E-state index < -0.39 is 10.0 Å². The van der Waals surface area contributed by atoms with Crippen molar-refractivity contribution in [2.75, 3.05) is 45.9 Å². The first-order valence-electron chi connectivity index (χ1n) is 10.3. The maximum absolute atomic E-state index is 12.9. The molecule has 3 heterocycles. The van der Waals surface area contributed by atoms with Gasteiger partial charge in [0.2, 0.25) is 10.0 Å². The van der Waals surface area contributed by atoms with E-state index in [1.807, 2.05) is 12.1 Å². The Morgan fingerprint density at radius 2 is 1.83 bits per heavy atom. The Morgan fingerprint density at radius 3 is 2.53 bits per heavy atom. The van der Waals surface area contributed by atoms with Crippen molar-refractivity contribution in [3.63, 3.8) is 0 Å². The van der Waals surface area contributed by atoms with Crippen molar-refractivity contribution in [3.8, 4) is 0 Å². The minimum atomic E-state index is -3.65. The lowest BCUT2D eigenvalue weighted by molar-refractivity contribution is 0.0730. The van der Waals surface area contributed by atoms with Gasteiger partial charge in [-0.05, 0) is 56.3 Å². The Kier molecular flexibility index (Phi) is 6.52. The summed E-state index contributed by atoms with van der Waals surface area (Å²) in [5.41, 5.74) is 0.323. The highest BCUT2D eigenvalue weighted by Gasteiger charge is 2.28. The van der Waals surface area contributed by atoms with Crippen LogP contribution in [0, 0.1) is 0 Å². The summed E-state index contributed by atoms with van der Waals surface area (Å²) >= 11 is 0. The van der Waals surface area contributed by atoms with Gasteiger partial charge in [0.15, 0.2) is 0 Å². The highest BCUT2D eigenvalue weighted by atomic mass is 32.2. The Hall–Kier alpha value is -2.20. The zero-order valence-corrected chi connectivity index (χ0v) is 17.6. The number of morpholine rings is 1. The van der Waals surface area contributed by atoms with Crippen LogP contribution in [-0.2, 0) is 14.8 Å². The maximum Gasteiger partial charge on any atom is 0.251 e. The minimum absolute atomic E-state index is 0.0354. The molecule has 4 rings (SSSR count). The number of carbonyl (C=O) groups is 1. The maximum atomic E-state index is 12.9. The molecule has 0 aliphatic carbocycles. The van der Waals surface area contributed by atoms with Gasteiger partial charge in [0.25, 0.3) is 5.91 Å². The van der Waals surface area contributed by atoms with Gasteiger partial charge in [0, 0.05) is 25.2 Å². The van der Waals surface area contributed by atoms with Crippen molar-refractivity contribution in [1.29, 1.82) is 0 Å². The lowest BCUT2D eigenvalue weighted by Crippen LogP contribution is -2.40. The van der Waals surface area contributed by atoms with E-state index in [-0.39, 0.29) is 16.8 Å². The number of nitrogens with zero attached hydrogens (tertiary/aromatic N) is 2. The largest absolute Gasteiger partial charge is 0.468 e. The summed E-state index contributed by atoms with van der Waals surface area (Å²) in [5, 5.41) is 2.95. The van der Waals surface area contributed by atoms with Crippen LogP contribution >= 0.6 is 0 Å². The lowest BCUT2D eigenvalue weighted by Gasteiger charge is -2.26. The van der Waals surface area contributed by atoms with E-state index in [0.717, 1.165) is 31.7 Å². The molecular weight excluding hydrogens is 406 g/mol. The first kappa shape index (κ1) is 21.0. The molecule has 2 fully saturated rings. The fraction of sp³-hybridized carbons (Fsp3) is 0.476. The number of nitrogens with one attached hydrogen (secondary N) is 1. The summed E-state index contributed by atoms with van der Waals surface area (Å²) in [6.07, 6.45) is 3.90. The number of likely N-dealkylation sites (tertiary alicyclic amines) is 1. The quantitative estimate of drug-likeness (QED) is 0.717. The van der Waals surface area contributed by atoms with E-state index in [2.05, 4.69) is 10.2 Å². The van der Waals surface area contributed by atoms with Gasteiger partial charge >= 0.3 is 0 Å². The van der Waals surface area contributed by atoms with Gasteiger partial charge in [-0.2, -0.15) is 4.31 Å². The summed E-state index contributed by atoms with van der Waals surface area (Å²) in [4.78, 5) is 15.2. The first-order valence-corrected chi connectivity index (χ1v) is 11.7. The molecule has 0 radical (unpaired) electrons. The van der Waals surface area contributed by atoms with E-state index in [9.17, 15) is 13.2 Å². The Bertz CT molecular complexity index is 949. The highest BCUT2D eigenvalue weighted by molar-refractivity contribution is 7.89. The SMILES string of the molecule is O=C(NC[C@@H](c1ccco1)N1CCCC1)c1cccc(S(=O)(=O)N2CCOCC2)c1. The number of sulfonamides is 1. The van der Waals surface area contributed by atoms with Gasteiger partial charge in [-0.15, -0.1) is 0 Å². The number of hydrogen-bond acceptors (Lipinski definition) is 6. The molecule has 162 valence electrons. The van der Waals surface area contributed by atoms with Gasteiger partial charge in [-0.3, -0.25) is 9.69 Å².